The van der Waals surface area contributed by atoms with Crippen molar-refractivity contribution in [1.82, 2.24) is 4.67 Å². The largest absolute Gasteiger partial charge is 0.673 e. The van der Waals surface area contributed by atoms with Crippen molar-refractivity contribution in [3.63, 3.8) is 0 Å². The van der Waals surface area contributed by atoms with Crippen LogP contribution in [0.15, 0.2) is 0 Å². The molecule has 0 amide bonds. The SMILES string of the molecule is F[B-](F)(F)F.O=P(O)(O)N1CCOCC1. The van der Waals surface area contributed by atoms with E-state index in [9.17, 15) is 21.8 Å². The molecule has 1 saturated heterocycles. The number of morpholine rings is 1. The van der Waals surface area contributed by atoms with Gasteiger partial charge in [0.25, 0.3) is 0 Å². The van der Waals surface area contributed by atoms with Gasteiger partial charge in [0, 0.05) is 13.1 Å². The summed E-state index contributed by atoms with van der Waals surface area (Å²) in [6, 6.07) is 0. The third-order valence-electron chi connectivity index (χ3n) is 1.36. The van der Waals surface area contributed by atoms with Gasteiger partial charge in [-0.1, -0.05) is 0 Å². The van der Waals surface area contributed by atoms with Crippen molar-refractivity contribution in [2.45, 2.75) is 0 Å². The molecule has 0 aromatic rings. The molecule has 0 unspecified atom stereocenters. The van der Waals surface area contributed by atoms with Gasteiger partial charge in [-0.3, -0.25) is 0 Å². The summed E-state index contributed by atoms with van der Waals surface area (Å²) in [7, 11) is -9.99. The van der Waals surface area contributed by atoms with Gasteiger partial charge in [-0.2, -0.15) is 0 Å². The Morgan fingerprint density at radius 1 is 1.13 bits per heavy atom. The zero-order valence-electron chi connectivity index (χ0n) is 7.52. The fourth-order valence-electron chi connectivity index (χ4n) is 0.814. The standard InChI is InChI=1S/C4H10NO4P.BF4/c6-10(7,8)5-1-3-9-4-2-5;2-1(3,4)5/h1-4H2,(H2,6,7,8);/q;-1. The van der Waals surface area contributed by atoms with E-state index in [0.717, 1.165) is 4.67 Å². The first kappa shape index (κ1) is 14.9. The van der Waals surface area contributed by atoms with Gasteiger partial charge in [-0.25, -0.2) is 9.24 Å². The molecule has 0 aromatic heterocycles. The van der Waals surface area contributed by atoms with Crippen LogP contribution in [0.5, 0.6) is 0 Å². The minimum absolute atomic E-state index is 0.324. The molecule has 11 heteroatoms. The average Bonchev–Trinajstić information content (AvgIpc) is 2.01. The van der Waals surface area contributed by atoms with E-state index in [-0.39, 0.29) is 0 Å². The Morgan fingerprint density at radius 2 is 1.47 bits per heavy atom. The van der Waals surface area contributed by atoms with E-state index in [4.69, 9.17) is 14.5 Å². The Bertz CT molecular complexity index is 221. The fourth-order valence-corrected chi connectivity index (χ4v) is 1.50. The highest BCUT2D eigenvalue weighted by atomic mass is 31.2. The molecule has 15 heavy (non-hydrogen) atoms. The molecule has 1 aliphatic rings. The molecule has 0 atom stereocenters. The second-order valence-corrected chi connectivity index (χ2v) is 4.17. The molecule has 0 aromatic carbocycles. The Labute approximate surface area is 83.3 Å². The maximum atomic E-state index is 10.6. The van der Waals surface area contributed by atoms with Crippen molar-refractivity contribution in [3.05, 3.63) is 0 Å². The highest BCUT2D eigenvalue weighted by Crippen LogP contribution is 2.39. The Morgan fingerprint density at radius 3 is 1.67 bits per heavy atom. The summed E-state index contributed by atoms with van der Waals surface area (Å²) in [5.41, 5.74) is 0. The van der Waals surface area contributed by atoms with Gasteiger partial charge >= 0.3 is 15.0 Å². The van der Waals surface area contributed by atoms with Crippen LogP contribution < -0.4 is 0 Å². The Hall–Kier alpha value is -0.145. The van der Waals surface area contributed by atoms with Crippen LogP contribution in [0.1, 0.15) is 0 Å². The second kappa shape index (κ2) is 5.81. The van der Waals surface area contributed by atoms with Crippen molar-refractivity contribution in [1.29, 1.82) is 0 Å². The minimum atomic E-state index is -6.00. The topological polar surface area (TPSA) is 70.0 Å². The first-order valence-electron chi connectivity index (χ1n) is 3.87. The molecule has 1 heterocycles. The van der Waals surface area contributed by atoms with E-state index in [1.807, 2.05) is 0 Å². The van der Waals surface area contributed by atoms with Crippen LogP contribution in [0, 0.1) is 0 Å². The number of ether oxygens (including phenoxy) is 1. The number of halogens is 4. The van der Waals surface area contributed by atoms with Gasteiger partial charge in [0.1, 0.15) is 0 Å². The lowest BCUT2D eigenvalue weighted by Crippen LogP contribution is -2.33. The molecule has 1 aliphatic heterocycles. The van der Waals surface area contributed by atoms with Crippen molar-refractivity contribution in [2.24, 2.45) is 0 Å². The molecule has 1 rings (SSSR count). The lowest BCUT2D eigenvalue weighted by Gasteiger charge is -2.26. The molecular formula is C4H10BF4NO4P-. The highest BCUT2D eigenvalue weighted by molar-refractivity contribution is 7.49. The maximum Gasteiger partial charge on any atom is 0.673 e. The molecule has 0 spiro atoms. The lowest BCUT2D eigenvalue weighted by atomic mass is 10.3. The van der Waals surface area contributed by atoms with E-state index >= 15 is 0 Å². The minimum Gasteiger partial charge on any atom is -0.418 e. The Kier molecular flexibility index (Phi) is 5.75. The van der Waals surface area contributed by atoms with Crippen LogP contribution in [0.2, 0.25) is 0 Å². The molecule has 92 valence electrons. The molecular weight excluding hydrogens is 244 g/mol. The summed E-state index contributed by atoms with van der Waals surface area (Å²) < 4.78 is 55.6. The summed E-state index contributed by atoms with van der Waals surface area (Å²) in [6.07, 6.45) is 0. The molecule has 0 radical (unpaired) electrons. The molecule has 5 nitrogen and oxygen atoms in total. The number of nitrogens with zero attached hydrogens (tertiary/aromatic N) is 1. The van der Waals surface area contributed by atoms with E-state index < -0.39 is 15.0 Å². The van der Waals surface area contributed by atoms with Crippen LogP contribution in [0.3, 0.4) is 0 Å². The van der Waals surface area contributed by atoms with Crippen molar-refractivity contribution in [3.8, 4) is 0 Å². The predicted molar refractivity (Wildman–Crippen MR) is 44.6 cm³/mol. The second-order valence-electron chi connectivity index (χ2n) is 2.57. The lowest BCUT2D eigenvalue weighted by molar-refractivity contribution is 0.0610. The van der Waals surface area contributed by atoms with Gasteiger partial charge in [0.05, 0.1) is 13.2 Å². The summed E-state index contributed by atoms with van der Waals surface area (Å²) >= 11 is 0. The quantitative estimate of drug-likeness (QED) is 0.409. The van der Waals surface area contributed by atoms with E-state index in [1.54, 1.807) is 0 Å². The summed E-state index contributed by atoms with van der Waals surface area (Å²) in [5, 5.41) is 0. The van der Waals surface area contributed by atoms with Gasteiger partial charge in [0.2, 0.25) is 0 Å². The molecule has 0 bridgehead atoms. The molecule has 0 aliphatic carbocycles. The highest BCUT2D eigenvalue weighted by Gasteiger charge is 2.26. The van der Waals surface area contributed by atoms with Gasteiger partial charge in [-0.15, -0.1) is 0 Å². The smallest absolute Gasteiger partial charge is 0.418 e. The normalized spacial score (nSPS) is 19.3. The van der Waals surface area contributed by atoms with Crippen molar-refractivity contribution in [2.75, 3.05) is 26.3 Å². The number of rotatable bonds is 1. The monoisotopic (exact) mass is 254 g/mol. The Balaban J connectivity index is 0.000000336. The third kappa shape index (κ3) is 10.1. The maximum absolute atomic E-state index is 10.6. The van der Waals surface area contributed by atoms with Crippen LogP contribution in [0.25, 0.3) is 0 Å². The average molecular weight is 254 g/mol. The first-order valence-corrected chi connectivity index (χ1v) is 5.43. The van der Waals surface area contributed by atoms with Crippen LogP contribution in [0.4, 0.5) is 17.3 Å². The van der Waals surface area contributed by atoms with Gasteiger partial charge in [0.15, 0.2) is 0 Å². The van der Waals surface area contributed by atoms with Crippen molar-refractivity contribution >= 4 is 15.0 Å². The predicted octanol–water partition coefficient (Wildman–Crippen LogP) is 0.711. The van der Waals surface area contributed by atoms with E-state index in [0.29, 0.717) is 26.3 Å². The summed E-state index contributed by atoms with van der Waals surface area (Å²) in [5.74, 6) is 0. The number of hydrogen-bond donors (Lipinski definition) is 2. The zero-order chi connectivity index (χ0) is 12.1. The number of hydrogen-bond acceptors (Lipinski definition) is 2. The van der Waals surface area contributed by atoms with E-state index in [2.05, 4.69) is 0 Å². The van der Waals surface area contributed by atoms with E-state index in [1.165, 1.54) is 0 Å². The van der Waals surface area contributed by atoms with Crippen LogP contribution >= 0.6 is 7.75 Å². The van der Waals surface area contributed by atoms with Crippen LogP contribution in [-0.4, -0.2) is 48.0 Å². The first-order chi connectivity index (χ1) is 6.61. The van der Waals surface area contributed by atoms with Crippen molar-refractivity contribution < 1.29 is 36.4 Å². The summed E-state index contributed by atoms with van der Waals surface area (Å²) in [6.45, 7) is 1.46. The third-order valence-corrected chi connectivity index (χ3v) is 2.49. The molecule has 0 saturated carbocycles. The summed E-state index contributed by atoms with van der Waals surface area (Å²) in [4.78, 5) is 17.2. The van der Waals surface area contributed by atoms with Gasteiger partial charge < -0.3 is 31.8 Å². The molecule has 1 fully saturated rings. The van der Waals surface area contributed by atoms with Crippen LogP contribution in [-0.2, 0) is 9.30 Å². The fraction of sp³-hybridized carbons (Fsp3) is 1.00. The molecule has 2 N–H and O–H groups in total. The van der Waals surface area contributed by atoms with Gasteiger partial charge in [-0.05, 0) is 0 Å². The zero-order valence-corrected chi connectivity index (χ0v) is 8.42.